The molecule has 0 heterocycles. The molecule has 1 aliphatic rings. The summed E-state index contributed by atoms with van der Waals surface area (Å²) in [5, 5.41) is 0. The van der Waals surface area contributed by atoms with Gasteiger partial charge in [0.25, 0.3) is 0 Å². The number of rotatable bonds is 5. The van der Waals surface area contributed by atoms with E-state index in [9.17, 15) is 0 Å². The van der Waals surface area contributed by atoms with Crippen LogP contribution in [0, 0.1) is 17.8 Å². The van der Waals surface area contributed by atoms with Crippen molar-refractivity contribution in [3.8, 4) is 0 Å². The fourth-order valence-electron chi connectivity index (χ4n) is 3.40. The van der Waals surface area contributed by atoms with Crippen molar-refractivity contribution < 1.29 is 0 Å². The summed E-state index contributed by atoms with van der Waals surface area (Å²) in [6.45, 7) is 11.6. The highest BCUT2D eigenvalue weighted by molar-refractivity contribution is 5.68. The molecule has 0 amide bonds. The van der Waals surface area contributed by atoms with Crippen LogP contribution in [0.15, 0.2) is 29.8 Å². The molecule has 0 nitrogen and oxygen atoms in total. The molecule has 3 atom stereocenters. The van der Waals surface area contributed by atoms with Gasteiger partial charge in [-0.25, -0.2) is 0 Å². The number of hydrogen-bond donors (Lipinski definition) is 0. The van der Waals surface area contributed by atoms with E-state index in [-0.39, 0.29) is 0 Å². The first-order valence-corrected chi connectivity index (χ1v) is 8.34. The van der Waals surface area contributed by atoms with E-state index in [4.69, 9.17) is 0 Å². The van der Waals surface area contributed by atoms with Crippen LogP contribution in [-0.2, 0) is 6.42 Å². The molecular formula is C20H30. The van der Waals surface area contributed by atoms with E-state index in [1.54, 1.807) is 11.1 Å². The van der Waals surface area contributed by atoms with Crippen LogP contribution in [0.1, 0.15) is 65.0 Å². The highest BCUT2D eigenvalue weighted by atomic mass is 14.4. The van der Waals surface area contributed by atoms with Gasteiger partial charge in [-0.2, -0.15) is 0 Å². The van der Waals surface area contributed by atoms with Crippen molar-refractivity contribution in [2.45, 2.75) is 60.3 Å². The minimum Gasteiger partial charge on any atom is -0.0698 e. The Morgan fingerprint density at radius 3 is 2.20 bits per heavy atom. The number of hydrogen-bond acceptors (Lipinski definition) is 0. The third-order valence-corrected chi connectivity index (χ3v) is 5.54. The molecule has 1 fully saturated rings. The zero-order chi connectivity index (χ0) is 14.7. The second-order valence-electron chi connectivity index (χ2n) is 6.70. The van der Waals surface area contributed by atoms with Gasteiger partial charge in [-0.15, -0.1) is 0 Å². The monoisotopic (exact) mass is 270 g/mol. The summed E-state index contributed by atoms with van der Waals surface area (Å²) >= 11 is 0. The first-order valence-electron chi connectivity index (χ1n) is 8.34. The molecule has 0 aliphatic heterocycles. The summed E-state index contributed by atoms with van der Waals surface area (Å²) in [6, 6.07) is 9.26. The van der Waals surface area contributed by atoms with Gasteiger partial charge in [0.2, 0.25) is 0 Å². The van der Waals surface area contributed by atoms with Gasteiger partial charge in [-0.05, 0) is 67.1 Å². The number of allylic oxidation sites excluding steroid dienone is 2. The molecule has 1 aliphatic carbocycles. The van der Waals surface area contributed by atoms with Crippen molar-refractivity contribution in [3.05, 3.63) is 41.0 Å². The number of aryl methyl sites for hydroxylation is 1. The highest BCUT2D eigenvalue weighted by Crippen LogP contribution is 2.45. The van der Waals surface area contributed by atoms with Crippen LogP contribution < -0.4 is 0 Å². The van der Waals surface area contributed by atoms with Crippen LogP contribution in [0.3, 0.4) is 0 Å². The smallest absolute Gasteiger partial charge is 0.0225 e. The lowest BCUT2D eigenvalue weighted by Crippen LogP contribution is -2.32. The first-order chi connectivity index (χ1) is 9.56. The minimum atomic E-state index is 0.893. The van der Waals surface area contributed by atoms with Gasteiger partial charge in [-0.3, -0.25) is 0 Å². The first kappa shape index (κ1) is 15.4. The lowest BCUT2D eigenvalue weighted by Gasteiger charge is -2.41. The normalized spacial score (nSPS) is 26.9. The van der Waals surface area contributed by atoms with Gasteiger partial charge < -0.3 is 0 Å². The molecule has 2 rings (SSSR count). The zero-order valence-electron chi connectivity index (χ0n) is 13.9. The molecule has 1 saturated carbocycles. The lowest BCUT2D eigenvalue weighted by molar-refractivity contribution is 0.108. The Morgan fingerprint density at radius 2 is 1.75 bits per heavy atom. The largest absolute Gasteiger partial charge is 0.0698 e. The standard InChI is InChI=1S/C20H30/c1-6-14(3)20(13-19-12-15(4)16(19)5)18-10-8-17(7-2)9-11-18/h8-11,15-16,19H,6-7,12-13H2,1-5H3/b20-14+. The average Bonchev–Trinajstić information content (AvgIpc) is 2.50. The maximum absolute atomic E-state index is 2.43. The molecule has 1 aromatic rings. The maximum Gasteiger partial charge on any atom is -0.0225 e. The second-order valence-corrected chi connectivity index (χ2v) is 6.70. The summed E-state index contributed by atoms with van der Waals surface area (Å²) in [7, 11) is 0. The summed E-state index contributed by atoms with van der Waals surface area (Å²) in [6.07, 6.45) is 4.98. The SMILES string of the molecule is CC/C(C)=C(\CC1CC(C)C1C)c1ccc(CC)cc1. The molecule has 0 spiro atoms. The van der Waals surface area contributed by atoms with Crippen LogP contribution in [0.5, 0.6) is 0 Å². The van der Waals surface area contributed by atoms with E-state index in [1.807, 2.05) is 0 Å². The number of benzene rings is 1. The van der Waals surface area contributed by atoms with Gasteiger partial charge in [0, 0.05) is 0 Å². The van der Waals surface area contributed by atoms with Gasteiger partial charge in [0.05, 0.1) is 0 Å². The quantitative estimate of drug-likeness (QED) is 0.605. The van der Waals surface area contributed by atoms with Crippen LogP contribution >= 0.6 is 0 Å². The zero-order valence-corrected chi connectivity index (χ0v) is 13.9. The summed E-state index contributed by atoms with van der Waals surface area (Å²) in [5.74, 6) is 2.71. The Labute approximate surface area is 125 Å². The molecule has 20 heavy (non-hydrogen) atoms. The van der Waals surface area contributed by atoms with E-state index in [1.165, 1.54) is 30.4 Å². The molecule has 0 N–H and O–H groups in total. The van der Waals surface area contributed by atoms with Crippen molar-refractivity contribution in [1.29, 1.82) is 0 Å². The van der Waals surface area contributed by atoms with E-state index in [0.29, 0.717) is 0 Å². The predicted molar refractivity (Wildman–Crippen MR) is 89.8 cm³/mol. The highest BCUT2D eigenvalue weighted by Gasteiger charge is 2.34. The van der Waals surface area contributed by atoms with Crippen molar-refractivity contribution in [2.24, 2.45) is 17.8 Å². The summed E-state index contributed by atoms with van der Waals surface area (Å²) < 4.78 is 0. The third-order valence-electron chi connectivity index (χ3n) is 5.54. The fraction of sp³-hybridized carbons (Fsp3) is 0.600. The van der Waals surface area contributed by atoms with Crippen LogP contribution in [0.25, 0.3) is 5.57 Å². The average molecular weight is 270 g/mol. The minimum absolute atomic E-state index is 0.893. The van der Waals surface area contributed by atoms with Crippen LogP contribution in [0.4, 0.5) is 0 Å². The Kier molecular flexibility index (Phi) is 5.07. The van der Waals surface area contributed by atoms with E-state index < -0.39 is 0 Å². The molecule has 0 aromatic heterocycles. The summed E-state index contributed by atoms with van der Waals surface area (Å²) in [5.41, 5.74) is 6.07. The maximum atomic E-state index is 2.43. The van der Waals surface area contributed by atoms with Crippen molar-refractivity contribution in [3.63, 3.8) is 0 Å². The molecule has 0 heteroatoms. The summed E-state index contributed by atoms with van der Waals surface area (Å²) in [4.78, 5) is 0. The third kappa shape index (κ3) is 3.16. The molecule has 0 saturated heterocycles. The van der Waals surface area contributed by atoms with Crippen LogP contribution in [0.2, 0.25) is 0 Å². The van der Waals surface area contributed by atoms with Gasteiger partial charge in [0.15, 0.2) is 0 Å². The van der Waals surface area contributed by atoms with Crippen LogP contribution in [-0.4, -0.2) is 0 Å². The Hall–Kier alpha value is -1.04. The van der Waals surface area contributed by atoms with E-state index in [0.717, 1.165) is 24.2 Å². The van der Waals surface area contributed by atoms with E-state index >= 15 is 0 Å². The van der Waals surface area contributed by atoms with Crippen molar-refractivity contribution >= 4 is 5.57 Å². The molecule has 1 aromatic carbocycles. The van der Waals surface area contributed by atoms with Crippen molar-refractivity contribution in [1.82, 2.24) is 0 Å². The Morgan fingerprint density at radius 1 is 1.10 bits per heavy atom. The molecule has 3 unspecified atom stereocenters. The molecule has 0 radical (unpaired) electrons. The topological polar surface area (TPSA) is 0 Å². The Balaban J connectivity index is 2.20. The Bertz CT molecular complexity index is 463. The van der Waals surface area contributed by atoms with E-state index in [2.05, 4.69) is 58.9 Å². The molecule has 110 valence electrons. The lowest BCUT2D eigenvalue weighted by atomic mass is 9.64. The molecule has 0 bridgehead atoms. The second kappa shape index (κ2) is 6.61. The van der Waals surface area contributed by atoms with Gasteiger partial charge in [-0.1, -0.05) is 57.5 Å². The fourth-order valence-corrected chi connectivity index (χ4v) is 3.40. The van der Waals surface area contributed by atoms with Gasteiger partial charge >= 0.3 is 0 Å². The predicted octanol–water partition coefficient (Wildman–Crippen LogP) is 6.11. The van der Waals surface area contributed by atoms with Crippen molar-refractivity contribution in [2.75, 3.05) is 0 Å². The van der Waals surface area contributed by atoms with Gasteiger partial charge in [0.1, 0.15) is 0 Å². The molecular weight excluding hydrogens is 240 g/mol.